The van der Waals surface area contributed by atoms with Gasteiger partial charge in [0.05, 0.1) is 34.1 Å². The first kappa shape index (κ1) is 31.9. The van der Waals surface area contributed by atoms with Crippen molar-refractivity contribution in [2.24, 2.45) is 11.8 Å². The van der Waals surface area contributed by atoms with Crippen molar-refractivity contribution in [1.29, 1.82) is 0 Å². The summed E-state index contributed by atoms with van der Waals surface area (Å²) in [5.41, 5.74) is 4.80. The Morgan fingerprint density at radius 3 is 2.40 bits per heavy atom. The van der Waals surface area contributed by atoms with Gasteiger partial charge in [0.1, 0.15) is 24.0 Å². The predicted octanol–water partition coefficient (Wildman–Crippen LogP) is 8.49. The van der Waals surface area contributed by atoms with Crippen LogP contribution in [0.1, 0.15) is 61.5 Å². The first-order chi connectivity index (χ1) is 23.1. The molecule has 0 amide bonds. The maximum Gasteiger partial charge on any atom is 0.391 e. The number of anilines is 1. The Bertz CT molecular complexity index is 1930. The lowest BCUT2D eigenvalue weighted by Gasteiger charge is -2.34. The van der Waals surface area contributed by atoms with Gasteiger partial charge in [-0.25, -0.2) is 14.4 Å². The Hall–Kier alpha value is -4.67. The summed E-state index contributed by atoms with van der Waals surface area (Å²) >= 11 is 0. The molecule has 1 aliphatic heterocycles. The van der Waals surface area contributed by atoms with E-state index in [1.54, 1.807) is 12.1 Å². The number of pyridine rings is 1. The van der Waals surface area contributed by atoms with Gasteiger partial charge < -0.3 is 19.3 Å². The van der Waals surface area contributed by atoms with Gasteiger partial charge in [-0.2, -0.15) is 13.2 Å². The van der Waals surface area contributed by atoms with Gasteiger partial charge in [-0.15, -0.1) is 0 Å². The van der Waals surface area contributed by atoms with Gasteiger partial charge in [0.15, 0.2) is 0 Å². The number of hydrogen-bond acceptors (Lipinski definition) is 5. The van der Waals surface area contributed by atoms with Crippen molar-refractivity contribution in [3.8, 4) is 5.75 Å². The SMILES string of the molecule is O=C(O)[C@H]1CCCC[C@H]1c1nc2cc(OCc3ccc4cc(F)ccc4n3)ccc2n1Cc1ccc(N2CCC(C(F)(F)F)CC2)cc1. The highest BCUT2D eigenvalue weighted by atomic mass is 19.4. The number of aliphatic carboxylic acids is 1. The van der Waals surface area contributed by atoms with Crippen LogP contribution in [0.2, 0.25) is 0 Å². The Labute approximate surface area is 275 Å². The van der Waals surface area contributed by atoms with Gasteiger partial charge in [0.2, 0.25) is 0 Å². The van der Waals surface area contributed by atoms with Crippen LogP contribution >= 0.6 is 0 Å². The standard InChI is InChI=1S/C37H36F4N4O3/c38-26-8-13-32-24(19-26)7-9-27(42-32)22-48-29-12-14-34-33(20-29)43-35(30-3-1-2-4-31(30)36(46)47)45(34)21-23-5-10-28(11-6-23)44-17-15-25(16-18-44)37(39,40)41/h5-14,19-20,25,30-31H,1-4,15-18,21-22H2,(H,46,47)/t30-,31+/m1/s1. The molecule has 2 aromatic heterocycles. The molecule has 3 heterocycles. The third kappa shape index (κ3) is 6.68. The number of carboxylic acids is 1. The molecule has 1 saturated carbocycles. The summed E-state index contributed by atoms with van der Waals surface area (Å²) in [6.45, 7) is 1.39. The number of halogens is 4. The van der Waals surface area contributed by atoms with Gasteiger partial charge >= 0.3 is 12.1 Å². The Kier molecular flexibility index (Phi) is 8.70. The molecule has 3 aromatic carbocycles. The molecular weight excluding hydrogens is 624 g/mol. The summed E-state index contributed by atoms with van der Waals surface area (Å²) < 4.78 is 61.2. The molecule has 0 radical (unpaired) electrons. The molecule has 0 unspecified atom stereocenters. The lowest BCUT2D eigenvalue weighted by atomic mass is 9.78. The lowest BCUT2D eigenvalue weighted by Crippen LogP contribution is -2.38. The smallest absolute Gasteiger partial charge is 0.391 e. The minimum atomic E-state index is -4.15. The number of fused-ring (bicyclic) bond motifs is 2. The quantitative estimate of drug-likeness (QED) is 0.168. The molecule has 2 fully saturated rings. The third-order valence-electron chi connectivity index (χ3n) is 9.86. The fraction of sp³-hybridized carbons (Fsp3) is 0.378. The number of imidazole rings is 1. The molecule has 1 saturated heterocycles. The highest BCUT2D eigenvalue weighted by molar-refractivity contribution is 5.79. The van der Waals surface area contributed by atoms with E-state index in [-0.39, 0.29) is 31.2 Å². The van der Waals surface area contributed by atoms with E-state index in [2.05, 4.69) is 9.55 Å². The van der Waals surface area contributed by atoms with E-state index in [4.69, 9.17) is 9.72 Å². The normalized spacial score (nSPS) is 19.2. The van der Waals surface area contributed by atoms with Crippen molar-refractivity contribution < 1.29 is 32.2 Å². The zero-order valence-corrected chi connectivity index (χ0v) is 26.3. The average molecular weight is 661 g/mol. The van der Waals surface area contributed by atoms with Crippen LogP contribution in [0, 0.1) is 17.7 Å². The summed E-state index contributed by atoms with van der Waals surface area (Å²) in [5, 5.41) is 10.8. The van der Waals surface area contributed by atoms with E-state index in [1.807, 2.05) is 53.4 Å². The molecule has 11 heteroatoms. The zero-order valence-electron chi connectivity index (χ0n) is 26.3. The van der Waals surface area contributed by atoms with Crippen LogP contribution < -0.4 is 9.64 Å². The average Bonchev–Trinajstić information content (AvgIpc) is 3.44. The van der Waals surface area contributed by atoms with Crippen molar-refractivity contribution >= 4 is 33.6 Å². The van der Waals surface area contributed by atoms with E-state index in [0.717, 1.165) is 41.9 Å². The molecule has 7 nitrogen and oxygen atoms in total. The fourth-order valence-electron chi connectivity index (χ4n) is 7.24. The first-order valence-corrected chi connectivity index (χ1v) is 16.4. The van der Waals surface area contributed by atoms with Gasteiger partial charge in [-0.05, 0) is 79.8 Å². The molecule has 48 heavy (non-hydrogen) atoms. The fourth-order valence-corrected chi connectivity index (χ4v) is 7.24. The van der Waals surface area contributed by atoms with E-state index in [1.165, 1.54) is 12.1 Å². The van der Waals surface area contributed by atoms with E-state index >= 15 is 0 Å². The molecule has 0 spiro atoms. The minimum Gasteiger partial charge on any atom is -0.487 e. The second-order valence-corrected chi connectivity index (χ2v) is 12.9. The summed E-state index contributed by atoms with van der Waals surface area (Å²) in [6.07, 6.45) is -0.844. The number of piperidine rings is 1. The van der Waals surface area contributed by atoms with E-state index in [9.17, 15) is 27.5 Å². The number of hydrogen-bond donors (Lipinski definition) is 1. The van der Waals surface area contributed by atoms with E-state index in [0.29, 0.717) is 53.9 Å². The molecular formula is C37H36F4N4O3. The molecule has 2 aliphatic rings. The minimum absolute atomic E-state index is 0.0907. The molecule has 1 N–H and O–H groups in total. The lowest BCUT2D eigenvalue weighted by molar-refractivity contribution is -0.179. The second kappa shape index (κ2) is 13.1. The van der Waals surface area contributed by atoms with Crippen molar-refractivity contribution in [2.45, 2.75) is 63.8 Å². The zero-order chi connectivity index (χ0) is 33.4. The van der Waals surface area contributed by atoms with Crippen molar-refractivity contribution in [3.63, 3.8) is 0 Å². The summed E-state index contributed by atoms with van der Waals surface area (Å²) in [6, 6.07) is 21.6. The van der Waals surface area contributed by atoms with Gasteiger partial charge in [0.25, 0.3) is 0 Å². The predicted molar refractivity (Wildman–Crippen MR) is 175 cm³/mol. The van der Waals surface area contributed by atoms with Gasteiger partial charge in [0, 0.05) is 42.7 Å². The maximum atomic E-state index is 13.6. The van der Waals surface area contributed by atoms with Crippen LogP contribution in [0.15, 0.2) is 72.8 Å². The van der Waals surface area contributed by atoms with Crippen LogP contribution in [-0.4, -0.2) is 44.9 Å². The highest BCUT2D eigenvalue weighted by Gasteiger charge is 2.41. The van der Waals surface area contributed by atoms with Crippen LogP contribution in [-0.2, 0) is 17.9 Å². The van der Waals surface area contributed by atoms with E-state index < -0.39 is 24.0 Å². The van der Waals surface area contributed by atoms with Crippen molar-refractivity contribution in [2.75, 3.05) is 18.0 Å². The van der Waals surface area contributed by atoms with Gasteiger partial charge in [-0.3, -0.25) is 4.79 Å². The summed E-state index contributed by atoms with van der Waals surface area (Å²) in [5.74, 6) is -1.82. The van der Waals surface area contributed by atoms with Crippen LogP contribution in [0.3, 0.4) is 0 Å². The molecule has 5 aromatic rings. The molecule has 2 atom stereocenters. The Morgan fingerprint density at radius 1 is 0.875 bits per heavy atom. The molecule has 7 rings (SSSR count). The Balaban J connectivity index is 1.14. The Morgan fingerprint density at radius 2 is 1.65 bits per heavy atom. The number of rotatable bonds is 8. The molecule has 250 valence electrons. The van der Waals surface area contributed by atoms with Crippen LogP contribution in [0.5, 0.6) is 5.75 Å². The summed E-state index contributed by atoms with van der Waals surface area (Å²) in [4.78, 5) is 23.9. The molecule has 1 aliphatic carbocycles. The van der Waals surface area contributed by atoms with Crippen molar-refractivity contribution in [3.05, 3.63) is 95.7 Å². The number of carboxylic acid groups (broad SMARTS) is 1. The summed E-state index contributed by atoms with van der Waals surface area (Å²) in [7, 11) is 0. The first-order valence-electron chi connectivity index (χ1n) is 16.4. The number of ether oxygens (including phenoxy) is 1. The largest absolute Gasteiger partial charge is 0.487 e. The highest BCUT2D eigenvalue weighted by Crippen LogP contribution is 2.40. The number of benzene rings is 3. The second-order valence-electron chi connectivity index (χ2n) is 12.9. The number of carbonyl (C=O) groups is 1. The topological polar surface area (TPSA) is 80.5 Å². The van der Waals surface area contributed by atoms with Crippen LogP contribution in [0.25, 0.3) is 21.9 Å². The monoisotopic (exact) mass is 660 g/mol. The number of nitrogens with zero attached hydrogens (tertiary/aromatic N) is 4. The number of aromatic nitrogens is 3. The molecule has 0 bridgehead atoms. The van der Waals surface area contributed by atoms with Crippen LogP contribution in [0.4, 0.5) is 23.2 Å². The third-order valence-corrected chi connectivity index (χ3v) is 9.86. The van der Waals surface area contributed by atoms with Gasteiger partial charge in [-0.1, -0.05) is 31.0 Å². The maximum absolute atomic E-state index is 13.6. The van der Waals surface area contributed by atoms with Crippen molar-refractivity contribution in [1.82, 2.24) is 14.5 Å². The number of alkyl halides is 3.